The van der Waals surface area contributed by atoms with Crippen LogP contribution in [0.25, 0.3) is 10.9 Å². The third kappa shape index (κ3) is 4.87. The van der Waals surface area contributed by atoms with Crippen LogP contribution in [0.15, 0.2) is 77.6 Å². The zero-order valence-corrected chi connectivity index (χ0v) is 20.3. The molecule has 0 amide bonds. The summed E-state index contributed by atoms with van der Waals surface area (Å²) < 4.78 is 15.8. The zero-order chi connectivity index (χ0) is 25.1. The van der Waals surface area contributed by atoms with Crippen molar-refractivity contribution in [1.82, 2.24) is 9.88 Å². The van der Waals surface area contributed by atoms with Crippen molar-refractivity contribution >= 4 is 39.9 Å². The molecule has 0 aliphatic carbocycles. The number of nitrogens with one attached hydrogen (secondary N) is 2. The number of para-hydroxylation sites is 1. The molecule has 0 radical (unpaired) electrons. The second-order valence-corrected chi connectivity index (χ2v) is 8.61. The molecule has 1 aromatic heterocycles. The van der Waals surface area contributed by atoms with Crippen molar-refractivity contribution in [2.24, 2.45) is 0 Å². The largest absolute Gasteiger partial charge is 0.465 e. The second kappa shape index (κ2) is 10.1. The molecule has 5 rings (SSSR count). The molecule has 2 heterocycles. The number of hydrogen-bond acceptors (Lipinski definition) is 6. The van der Waals surface area contributed by atoms with E-state index in [0.717, 1.165) is 10.9 Å². The number of nitrogens with zero attached hydrogens (tertiary/aromatic N) is 1. The van der Waals surface area contributed by atoms with Gasteiger partial charge in [-0.15, -0.1) is 0 Å². The summed E-state index contributed by atoms with van der Waals surface area (Å²) in [5.74, 6) is 0.768. The summed E-state index contributed by atoms with van der Waals surface area (Å²) >= 11 is 5.76. The van der Waals surface area contributed by atoms with E-state index in [2.05, 4.69) is 10.3 Å². The highest BCUT2D eigenvalue weighted by Crippen LogP contribution is 2.35. The summed E-state index contributed by atoms with van der Waals surface area (Å²) in [6, 6.07) is 22.2. The maximum Gasteiger partial charge on any atom is 0.339 e. The molecule has 9 heteroatoms. The minimum absolute atomic E-state index is 0.153. The molecule has 1 aliphatic rings. The molecule has 0 unspecified atom stereocenters. The predicted octanol–water partition coefficient (Wildman–Crippen LogP) is 4.44. The third-order valence-electron chi connectivity index (χ3n) is 5.85. The number of pyridine rings is 1. The van der Waals surface area contributed by atoms with Crippen molar-refractivity contribution in [3.8, 4) is 11.5 Å². The Morgan fingerprint density at radius 2 is 1.75 bits per heavy atom. The first-order valence-corrected chi connectivity index (χ1v) is 11.7. The molecule has 1 aliphatic heterocycles. The number of hydrogen-bond donors (Lipinski definition) is 2. The SMILES string of the molecule is COC(=O)c1ccccc1NC(=S)N(Cc1ccccc1)Cc1cc2cc3c(cc2[nH]c1=O)OCO3. The predicted molar refractivity (Wildman–Crippen MR) is 140 cm³/mol. The van der Waals surface area contributed by atoms with Crippen molar-refractivity contribution in [2.45, 2.75) is 13.1 Å². The fourth-order valence-electron chi connectivity index (χ4n) is 4.04. The minimum Gasteiger partial charge on any atom is -0.465 e. The Labute approximate surface area is 212 Å². The van der Waals surface area contributed by atoms with Crippen LogP contribution in [0.5, 0.6) is 11.5 Å². The van der Waals surface area contributed by atoms with Crippen molar-refractivity contribution in [2.75, 3.05) is 19.2 Å². The maximum absolute atomic E-state index is 13.0. The number of anilines is 1. The fourth-order valence-corrected chi connectivity index (χ4v) is 4.28. The van der Waals surface area contributed by atoms with E-state index >= 15 is 0 Å². The number of rotatable bonds is 6. The number of H-pyrrole nitrogens is 1. The number of carbonyl (C=O) groups is 1. The van der Waals surface area contributed by atoms with Crippen LogP contribution in [-0.2, 0) is 17.8 Å². The van der Waals surface area contributed by atoms with Gasteiger partial charge >= 0.3 is 5.97 Å². The Hall–Kier alpha value is -4.37. The Balaban J connectivity index is 1.47. The normalized spacial score (nSPS) is 11.8. The summed E-state index contributed by atoms with van der Waals surface area (Å²) in [4.78, 5) is 30.1. The fraction of sp³-hybridized carbons (Fsp3) is 0.148. The minimum atomic E-state index is -0.472. The van der Waals surface area contributed by atoms with Crippen LogP contribution in [0.2, 0.25) is 0 Å². The van der Waals surface area contributed by atoms with Crippen molar-refractivity contribution in [3.05, 3.63) is 99.8 Å². The second-order valence-electron chi connectivity index (χ2n) is 8.23. The molecule has 0 fully saturated rings. The smallest absolute Gasteiger partial charge is 0.339 e. The first-order valence-electron chi connectivity index (χ1n) is 11.2. The van der Waals surface area contributed by atoms with Gasteiger partial charge in [-0.25, -0.2) is 4.79 Å². The lowest BCUT2D eigenvalue weighted by Crippen LogP contribution is -2.36. The molecule has 182 valence electrons. The van der Waals surface area contributed by atoms with Crippen LogP contribution < -0.4 is 20.3 Å². The summed E-state index contributed by atoms with van der Waals surface area (Å²) in [5.41, 5.74) is 2.87. The lowest BCUT2D eigenvalue weighted by molar-refractivity contribution is 0.0602. The summed E-state index contributed by atoms with van der Waals surface area (Å²) in [5, 5.41) is 4.35. The number of benzene rings is 3. The van der Waals surface area contributed by atoms with Gasteiger partial charge in [0.25, 0.3) is 5.56 Å². The Morgan fingerprint density at radius 1 is 1.03 bits per heavy atom. The van der Waals surface area contributed by atoms with Gasteiger partial charge in [-0.1, -0.05) is 42.5 Å². The number of esters is 1. The van der Waals surface area contributed by atoms with E-state index in [-0.39, 0.29) is 18.9 Å². The number of thiocarbonyl (C=S) groups is 1. The average Bonchev–Trinajstić information content (AvgIpc) is 3.35. The molecule has 0 bridgehead atoms. The number of ether oxygens (including phenoxy) is 3. The van der Waals surface area contributed by atoms with Gasteiger partial charge in [-0.3, -0.25) is 4.79 Å². The Bertz CT molecular complexity index is 1500. The molecule has 36 heavy (non-hydrogen) atoms. The number of fused-ring (bicyclic) bond motifs is 2. The summed E-state index contributed by atoms with van der Waals surface area (Å²) in [7, 11) is 1.33. The quantitative estimate of drug-likeness (QED) is 0.296. The van der Waals surface area contributed by atoms with E-state index in [1.165, 1.54) is 7.11 Å². The van der Waals surface area contributed by atoms with Crippen LogP contribution in [0.3, 0.4) is 0 Å². The monoisotopic (exact) mass is 501 g/mol. The molecule has 0 spiro atoms. The van der Waals surface area contributed by atoms with Crippen LogP contribution in [0, 0.1) is 0 Å². The molecule has 0 saturated heterocycles. The highest BCUT2D eigenvalue weighted by Gasteiger charge is 2.19. The standard InChI is InChI=1S/C27H23N3O5S/c1-33-26(32)20-9-5-6-10-21(20)29-27(36)30(14-17-7-3-2-4-8-17)15-19-11-18-12-23-24(35-16-34-23)13-22(18)28-25(19)31/h2-13H,14-16H2,1H3,(H,28,31)(H,29,36). The van der Waals surface area contributed by atoms with Crippen LogP contribution in [0.1, 0.15) is 21.5 Å². The average molecular weight is 502 g/mol. The molecular formula is C27H23N3O5S. The van der Waals surface area contributed by atoms with Crippen LogP contribution in [0.4, 0.5) is 5.69 Å². The highest BCUT2D eigenvalue weighted by atomic mass is 32.1. The van der Waals surface area contributed by atoms with E-state index in [4.69, 9.17) is 26.4 Å². The van der Waals surface area contributed by atoms with Gasteiger partial charge in [-0.2, -0.15) is 0 Å². The molecule has 4 aromatic rings. The molecule has 8 nitrogen and oxygen atoms in total. The number of aromatic nitrogens is 1. The van der Waals surface area contributed by atoms with Crippen molar-refractivity contribution < 1.29 is 19.0 Å². The summed E-state index contributed by atoms with van der Waals surface area (Å²) in [6.45, 7) is 0.840. The summed E-state index contributed by atoms with van der Waals surface area (Å²) in [6.07, 6.45) is 0. The first-order chi connectivity index (χ1) is 17.5. The maximum atomic E-state index is 13.0. The highest BCUT2D eigenvalue weighted by molar-refractivity contribution is 7.80. The van der Waals surface area contributed by atoms with Crippen LogP contribution in [-0.4, -0.2) is 34.9 Å². The lowest BCUT2D eigenvalue weighted by Gasteiger charge is -2.26. The van der Waals surface area contributed by atoms with Gasteiger partial charge in [-0.05, 0) is 42.0 Å². The van der Waals surface area contributed by atoms with Gasteiger partial charge in [0.1, 0.15) is 0 Å². The van der Waals surface area contributed by atoms with Gasteiger partial charge in [0.05, 0.1) is 30.4 Å². The molecule has 3 aromatic carbocycles. The van der Waals surface area contributed by atoms with Crippen molar-refractivity contribution in [3.63, 3.8) is 0 Å². The molecule has 2 N–H and O–H groups in total. The third-order valence-corrected chi connectivity index (χ3v) is 6.21. The lowest BCUT2D eigenvalue weighted by atomic mass is 10.1. The van der Waals surface area contributed by atoms with Gasteiger partial charge < -0.3 is 29.4 Å². The van der Waals surface area contributed by atoms with E-state index in [0.29, 0.717) is 45.5 Å². The number of aromatic amines is 1. The zero-order valence-electron chi connectivity index (χ0n) is 19.4. The van der Waals surface area contributed by atoms with Gasteiger partial charge in [0, 0.05) is 23.6 Å². The molecular weight excluding hydrogens is 478 g/mol. The Morgan fingerprint density at radius 3 is 2.53 bits per heavy atom. The first kappa shape index (κ1) is 23.4. The number of carbonyl (C=O) groups excluding carboxylic acids is 1. The molecule has 0 saturated carbocycles. The number of methoxy groups -OCH3 is 1. The van der Waals surface area contributed by atoms with Crippen LogP contribution >= 0.6 is 12.2 Å². The van der Waals surface area contributed by atoms with Gasteiger partial charge in [0.15, 0.2) is 16.6 Å². The Kier molecular flexibility index (Phi) is 6.55. The van der Waals surface area contributed by atoms with E-state index < -0.39 is 5.97 Å². The van der Waals surface area contributed by atoms with E-state index in [1.807, 2.05) is 47.4 Å². The van der Waals surface area contributed by atoms with Crippen molar-refractivity contribution in [1.29, 1.82) is 0 Å². The van der Waals surface area contributed by atoms with Gasteiger partial charge in [0.2, 0.25) is 6.79 Å². The topological polar surface area (TPSA) is 92.9 Å². The molecule has 0 atom stereocenters. The van der Waals surface area contributed by atoms with E-state index in [9.17, 15) is 9.59 Å². The van der Waals surface area contributed by atoms with E-state index in [1.54, 1.807) is 30.3 Å².